The van der Waals surface area contributed by atoms with Crippen molar-refractivity contribution in [2.45, 2.75) is 6.42 Å². The van der Waals surface area contributed by atoms with Crippen molar-refractivity contribution >= 4 is 0 Å². The lowest BCUT2D eigenvalue weighted by Crippen LogP contribution is -2.15. The lowest BCUT2D eigenvalue weighted by Gasteiger charge is -2.08. The van der Waals surface area contributed by atoms with Crippen LogP contribution in [0.4, 0.5) is 0 Å². The molecule has 0 aromatic carbocycles. The Hall–Kier alpha value is -0.120. The highest BCUT2D eigenvalue weighted by Crippen LogP contribution is 2.06. The van der Waals surface area contributed by atoms with Crippen LogP contribution in [0.15, 0.2) is 0 Å². The molecule has 3 heteroatoms. The molecule has 0 saturated carbocycles. The molecule has 3 nitrogen and oxygen atoms in total. The van der Waals surface area contributed by atoms with Crippen LogP contribution in [-0.2, 0) is 9.47 Å². The van der Waals surface area contributed by atoms with Crippen LogP contribution in [-0.4, -0.2) is 40.0 Å². The third-order valence-corrected chi connectivity index (χ3v) is 1.95. The van der Waals surface area contributed by atoms with Gasteiger partial charge in [0.2, 0.25) is 0 Å². The van der Waals surface area contributed by atoms with E-state index in [2.05, 4.69) is 5.32 Å². The number of hydrogen-bond acceptors (Lipinski definition) is 3. The normalized spacial score (nSPS) is 24.3. The van der Waals surface area contributed by atoms with Gasteiger partial charge in [0.05, 0.1) is 19.8 Å². The maximum absolute atomic E-state index is 5.39. The van der Waals surface area contributed by atoms with Gasteiger partial charge in [0.15, 0.2) is 0 Å². The molecule has 66 valence electrons. The van der Waals surface area contributed by atoms with E-state index in [1.807, 2.05) is 0 Å². The van der Waals surface area contributed by atoms with Gasteiger partial charge in [-0.3, -0.25) is 0 Å². The standard InChI is InChI=1S/C8H17NO2/c1-10-4-5-11-7-8-2-3-9-6-8/h8-9H,2-7H2,1H3/t8-/m1/s1. The van der Waals surface area contributed by atoms with Crippen LogP contribution >= 0.6 is 0 Å². The van der Waals surface area contributed by atoms with Gasteiger partial charge in [-0.1, -0.05) is 0 Å². The van der Waals surface area contributed by atoms with E-state index in [9.17, 15) is 0 Å². The van der Waals surface area contributed by atoms with Gasteiger partial charge in [-0.05, 0) is 18.9 Å². The van der Waals surface area contributed by atoms with Crippen molar-refractivity contribution in [3.8, 4) is 0 Å². The molecule has 0 radical (unpaired) electrons. The van der Waals surface area contributed by atoms with Crippen LogP contribution in [0.2, 0.25) is 0 Å². The summed E-state index contributed by atoms with van der Waals surface area (Å²) in [5.74, 6) is 0.729. The molecular weight excluding hydrogens is 142 g/mol. The van der Waals surface area contributed by atoms with E-state index in [-0.39, 0.29) is 0 Å². The quantitative estimate of drug-likeness (QED) is 0.584. The highest BCUT2D eigenvalue weighted by molar-refractivity contribution is 4.69. The monoisotopic (exact) mass is 159 g/mol. The van der Waals surface area contributed by atoms with E-state index in [4.69, 9.17) is 9.47 Å². The number of ether oxygens (including phenoxy) is 2. The Morgan fingerprint density at radius 2 is 2.36 bits per heavy atom. The van der Waals surface area contributed by atoms with Crippen LogP contribution in [0, 0.1) is 5.92 Å². The molecule has 0 aromatic heterocycles. The molecule has 1 rings (SSSR count). The predicted molar refractivity (Wildman–Crippen MR) is 43.7 cm³/mol. The minimum Gasteiger partial charge on any atom is -0.382 e. The van der Waals surface area contributed by atoms with E-state index in [1.54, 1.807) is 7.11 Å². The minimum absolute atomic E-state index is 0.708. The van der Waals surface area contributed by atoms with E-state index in [1.165, 1.54) is 6.42 Å². The maximum Gasteiger partial charge on any atom is 0.0700 e. The summed E-state index contributed by atoms with van der Waals surface area (Å²) in [4.78, 5) is 0. The summed E-state index contributed by atoms with van der Waals surface area (Å²) < 4.78 is 10.3. The summed E-state index contributed by atoms with van der Waals surface area (Å²) in [6, 6.07) is 0. The Morgan fingerprint density at radius 3 is 3.00 bits per heavy atom. The first kappa shape index (κ1) is 8.97. The second kappa shape index (κ2) is 5.52. The molecule has 0 amide bonds. The topological polar surface area (TPSA) is 30.5 Å². The van der Waals surface area contributed by atoms with Gasteiger partial charge < -0.3 is 14.8 Å². The molecule has 1 atom stereocenters. The average Bonchev–Trinajstić information content (AvgIpc) is 2.50. The number of hydrogen-bond donors (Lipinski definition) is 1. The van der Waals surface area contributed by atoms with Crippen LogP contribution in [0.3, 0.4) is 0 Å². The van der Waals surface area contributed by atoms with Crippen molar-refractivity contribution in [3.63, 3.8) is 0 Å². The van der Waals surface area contributed by atoms with E-state index in [0.29, 0.717) is 6.61 Å². The summed E-state index contributed by atoms with van der Waals surface area (Å²) in [6.45, 7) is 4.59. The Morgan fingerprint density at radius 1 is 1.45 bits per heavy atom. The van der Waals surface area contributed by atoms with E-state index < -0.39 is 0 Å². The molecule has 0 unspecified atom stereocenters. The van der Waals surface area contributed by atoms with Crippen LogP contribution in [0.5, 0.6) is 0 Å². The average molecular weight is 159 g/mol. The molecule has 1 saturated heterocycles. The predicted octanol–water partition coefficient (Wildman–Crippen LogP) is 0.259. The van der Waals surface area contributed by atoms with Crippen molar-refractivity contribution in [2.75, 3.05) is 40.0 Å². The summed E-state index contributed by atoms with van der Waals surface area (Å²) in [5, 5.41) is 3.30. The van der Waals surface area contributed by atoms with Crippen molar-refractivity contribution in [1.29, 1.82) is 0 Å². The number of nitrogens with one attached hydrogen (secondary N) is 1. The maximum atomic E-state index is 5.39. The third-order valence-electron chi connectivity index (χ3n) is 1.95. The van der Waals surface area contributed by atoms with Crippen LogP contribution in [0.25, 0.3) is 0 Å². The van der Waals surface area contributed by atoms with Gasteiger partial charge in [-0.25, -0.2) is 0 Å². The molecule has 1 heterocycles. The van der Waals surface area contributed by atoms with Gasteiger partial charge in [-0.2, -0.15) is 0 Å². The molecular formula is C8H17NO2. The van der Waals surface area contributed by atoms with Crippen molar-refractivity contribution < 1.29 is 9.47 Å². The zero-order chi connectivity index (χ0) is 7.94. The fourth-order valence-corrected chi connectivity index (χ4v) is 1.25. The SMILES string of the molecule is COCCOC[C@@H]1CCNC1. The first-order chi connectivity index (χ1) is 5.43. The smallest absolute Gasteiger partial charge is 0.0700 e. The molecule has 1 fully saturated rings. The van der Waals surface area contributed by atoms with Gasteiger partial charge in [0.25, 0.3) is 0 Å². The fraction of sp³-hybridized carbons (Fsp3) is 1.00. The largest absolute Gasteiger partial charge is 0.382 e. The van der Waals surface area contributed by atoms with E-state index in [0.717, 1.165) is 32.2 Å². The molecule has 0 aliphatic carbocycles. The van der Waals surface area contributed by atoms with Crippen LogP contribution < -0.4 is 5.32 Å². The zero-order valence-corrected chi connectivity index (χ0v) is 7.14. The second-order valence-electron chi connectivity index (χ2n) is 2.93. The van der Waals surface area contributed by atoms with Gasteiger partial charge in [-0.15, -0.1) is 0 Å². The summed E-state index contributed by atoms with van der Waals surface area (Å²) >= 11 is 0. The molecule has 1 N–H and O–H groups in total. The van der Waals surface area contributed by atoms with E-state index >= 15 is 0 Å². The highest BCUT2D eigenvalue weighted by atomic mass is 16.5. The van der Waals surface area contributed by atoms with Crippen molar-refractivity contribution in [2.24, 2.45) is 5.92 Å². The summed E-state index contributed by atoms with van der Waals surface area (Å²) in [6.07, 6.45) is 1.26. The van der Waals surface area contributed by atoms with Crippen LogP contribution in [0.1, 0.15) is 6.42 Å². The van der Waals surface area contributed by atoms with Gasteiger partial charge >= 0.3 is 0 Å². The Kier molecular flexibility index (Phi) is 4.50. The first-order valence-corrected chi connectivity index (χ1v) is 4.21. The Labute approximate surface area is 68.1 Å². The van der Waals surface area contributed by atoms with Gasteiger partial charge in [0.1, 0.15) is 0 Å². The first-order valence-electron chi connectivity index (χ1n) is 4.21. The number of rotatable bonds is 5. The molecule has 0 bridgehead atoms. The minimum atomic E-state index is 0.708. The fourth-order valence-electron chi connectivity index (χ4n) is 1.25. The molecule has 1 aliphatic rings. The van der Waals surface area contributed by atoms with Crippen molar-refractivity contribution in [3.05, 3.63) is 0 Å². The molecule has 1 aliphatic heterocycles. The molecule has 11 heavy (non-hydrogen) atoms. The third kappa shape index (κ3) is 3.70. The Balaban J connectivity index is 1.86. The lowest BCUT2D eigenvalue weighted by molar-refractivity contribution is 0.0546. The molecule has 0 aromatic rings. The highest BCUT2D eigenvalue weighted by Gasteiger charge is 2.13. The zero-order valence-electron chi connectivity index (χ0n) is 7.14. The lowest BCUT2D eigenvalue weighted by atomic mass is 10.1. The summed E-state index contributed by atoms with van der Waals surface area (Å²) in [5.41, 5.74) is 0. The molecule has 0 spiro atoms. The second-order valence-corrected chi connectivity index (χ2v) is 2.93. The van der Waals surface area contributed by atoms with Crippen molar-refractivity contribution in [1.82, 2.24) is 5.32 Å². The van der Waals surface area contributed by atoms with Gasteiger partial charge in [0, 0.05) is 13.7 Å². The Bertz CT molecular complexity index is 92.1. The summed E-state index contributed by atoms with van der Waals surface area (Å²) in [7, 11) is 1.69. The number of methoxy groups -OCH3 is 1.